The summed E-state index contributed by atoms with van der Waals surface area (Å²) in [4.78, 5) is 17.4. The van der Waals surface area contributed by atoms with E-state index in [1.54, 1.807) is 37.7 Å². The largest absolute Gasteiger partial charge is 0.497 e. The third-order valence-electron chi connectivity index (χ3n) is 6.08. The van der Waals surface area contributed by atoms with Crippen molar-refractivity contribution in [3.8, 4) is 17.2 Å². The highest BCUT2D eigenvalue weighted by Gasteiger charge is 2.37. The van der Waals surface area contributed by atoms with E-state index < -0.39 is 0 Å². The van der Waals surface area contributed by atoms with Crippen molar-refractivity contribution >= 4 is 5.91 Å². The van der Waals surface area contributed by atoms with Gasteiger partial charge in [0.1, 0.15) is 12.4 Å². The van der Waals surface area contributed by atoms with Crippen LogP contribution in [0.2, 0.25) is 0 Å². The molecule has 1 aliphatic carbocycles. The van der Waals surface area contributed by atoms with Gasteiger partial charge in [-0.2, -0.15) is 0 Å². The molecule has 2 aromatic carbocycles. The van der Waals surface area contributed by atoms with E-state index in [1.807, 2.05) is 43.3 Å². The summed E-state index contributed by atoms with van der Waals surface area (Å²) in [7, 11) is 1.65. The van der Waals surface area contributed by atoms with Crippen LogP contribution in [0.25, 0.3) is 0 Å². The van der Waals surface area contributed by atoms with Gasteiger partial charge in [-0.3, -0.25) is 9.78 Å². The number of carbonyl (C=O) groups is 1. The van der Waals surface area contributed by atoms with Gasteiger partial charge in [-0.25, -0.2) is 0 Å². The zero-order valence-electron chi connectivity index (χ0n) is 19.2. The smallest absolute Gasteiger partial charge is 0.252 e. The van der Waals surface area contributed by atoms with E-state index in [9.17, 15) is 4.79 Å². The monoisotopic (exact) mass is 446 g/mol. The zero-order valence-corrected chi connectivity index (χ0v) is 19.2. The molecule has 6 heteroatoms. The van der Waals surface area contributed by atoms with Gasteiger partial charge < -0.3 is 19.5 Å². The van der Waals surface area contributed by atoms with Crippen molar-refractivity contribution in [3.63, 3.8) is 0 Å². The Morgan fingerprint density at radius 3 is 2.48 bits per heavy atom. The van der Waals surface area contributed by atoms with Crippen LogP contribution in [-0.4, -0.2) is 24.6 Å². The number of nitrogens with one attached hydrogen (secondary N) is 1. The van der Waals surface area contributed by atoms with Gasteiger partial charge >= 0.3 is 0 Å². The maximum absolute atomic E-state index is 13.3. The Kier molecular flexibility index (Phi) is 7.13. The first-order valence-corrected chi connectivity index (χ1v) is 11.4. The number of hydrogen-bond donors (Lipinski definition) is 1. The van der Waals surface area contributed by atoms with E-state index in [0.29, 0.717) is 30.3 Å². The second kappa shape index (κ2) is 10.4. The number of nitrogens with zero attached hydrogens (tertiary/aromatic N) is 1. The maximum Gasteiger partial charge on any atom is 0.252 e. The Balaban J connectivity index is 1.53. The van der Waals surface area contributed by atoms with Gasteiger partial charge in [0.25, 0.3) is 5.91 Å². The van der Waals surface area contributed by atoms with Crippen molar-refractivity contribution in [1.82, 2.24) is 10.3 Å². The van der Waals surface area contributed by atoms with E-state index in [4.69, 9.17) is 14.2 Å². The Hall–Kier alpha value is -3.54. The van der Waals surface area contributed by atoms with Gasteiger partial charge in [-0.05, 0) is 61.7 Å². The summed E-state index contributed by atoms with van der Waals surface area (Å²) < 4.78 is 17.0. The van der Waals surface area contributed by atoms with Crippen LogP contribution in [0.3, 0.4) is 0 Å². The maximum atomic E-state index is 13.3. The summed E-state index contributed by atoms with van der Waals surface area (Å²) in [6, 6.07) is 17.2. The first kappa shape index (κ1) is 22.6. The van der Waals surface area contributed by atoms with E-state index in [-0.39, 0.29) is 11.4 Å². The van der Waals surface area contributed by atoms with Crippen LogP contribution in [-0.2, 0) is 12.1 Å². The van der Waals surface area contributed by atoms with Crippen LogP contribution in [0.4, 0.5) is 0 Å². The predicted octanol–water partition coefficient (Wildman–Crippen LogP) is 5.27. The SMILES string of the molecule is CCOc1cc(C(=O)NC2(c3ccc(OC)cc3)CCCC2)ccc1OCc1cccnc1. The van der Waals surface area contributed by atoms with Gasteiger partial charge in [0.15, 0.2) is 11.5 Å². The summed E-state index contributed by atoms with van der Waals surface area (Å²) in [6.07, 6.45) is 7.48. The Bertz CT molecular complexity index is 1060. The molecule has 4 rings (SSSR count). The molecule has 1 amide bonds. The van der Waals surface area contributed by atoms with Crippen molar-refractivity contribution in [3.05, 3.63) is 83.7 Å². The van der Waals surface area contributed by atoms with Crippen molar-refractivity contribution in [2.24, 2.45) is 0 Å². The fraction of sp³-hybridized carbons (Fsp3) is 0.333. The average molecular weight is 447 g/mol. The molecule has 1 fully saturated rings. The quantitative estimate of drug-likeness (QED) is 0.485. The minimum Gasteiger partial charge on any atom is -0.497 e. The van der Waals surface area contributed by atoms with Crippen LogP contribution >= 0.6 is 0 Å². The van der Waals surface area contributed by atoms with Crippen LogP contribution in [0.1, 0.15) is 54.1 Å². The van der Waals surface area contributed by atoms with Gasteiger partial charge in [-0.15, -0.1) is 0 Å². The van der Waals surface area contributed by atoms with Gasteiger partial charge in [-0.1, -0.05) is 31.0 Å². The van der Waals surface area contributed by atoms with Crippen molar-refractivity contribution in [2.45, 2.75) is 44.8 Å². The summed E-state index contributed by atoms with van der Waals surface area (Å²) in [5.74, 6) is 1.84. The number of amides is 1. The number of pyridine rings is 1. The third-order valence-corrected chi connectivity index (χ3v) is 6.08. The van der Waals surface area contributed by atoms with Crippen molar-refractivity contribution < 1.29 is 19.0 Å². The van der Waals surface area contributed by atoms with Crippen LogP contribution in [0.15, 0.2) is 67.0 Å². The Labute approximate surface area is 194 Å². The van der Waals surface area contributed by atoms with Gasteiger partial charge in [0.2, 0.25) is 0 Å². The van der Waals surface area contributed by atoms with Gasteiger partial charge in [0.05, 0.1) is 19.3 Å². The second-order valence-electron chi connectivity index (χ2n) is 8.22. The molecule has 172 valence electrons. The molecule has 0 saturated heterocycles. The minimum atomic E-state index is -0.370. The molecule has 3 aromatic rings. The van der Waals surface area contributed by atoms with E-state index in [0.717, 1.165) is 42.6 Å². The molecule has 1 aromatic heterocycles. The molecule has 1 N–H and O–H groups in total. The van der Waals surface area contributed by atoms with E-state index in [2.05, 4.69) is 10.3 Å². The number of rotatable bonds is 9. The van der Waals surface area contributed by atoms with Crippen LogP contribution in [0, 0.1) is 0 Å². The molecule has 1 heterocycles. The molecular formula is C27H30N2O4. The molecule has 0 radical (unpaired) electrons. The second-order valence-corrected chi connectivity index (χ2v) is 8.22. The topological polar surface area (TPSA) is 69.7 Å². The summed E-state index contributed by atoms with van der Waals surface area (Å²) in [5.41, 5.74) is 2.25. The van der Waals surface area contributed by atoms with Crippen molar-refractivity contribution in [1.29, 1.82) is 0 Å². The van der Waals surface area contributed by atoms with Crippen molar-refractivity contribution in [2.75, 3.05) is 13.7 Å². The third kappa shape index (κ3) is 5.28. The molecule has 0 aliphatic heterocycles. The Morgan fingerprint density at radius 2 is 1.82 bits per heavy atom. The Morgan fingerprint density at radius 1 is 1.03 bits per heavy atom. The van der Waals surface area contributed by atoms with E-state index in [1.165, 1.54) is 0 Å². The fourth-order valence-electron chi connectivity index (χ4n) is 4.35. The minimum absolute atomic E-state index is 0.118. The average Bonchev–Trinajstić information content (AvgIpc) is 3.33. The summed E-state index contributed by atoms with van der Waals surface area (Å²) >= 11 is 0. The van der Waals surface area contributed by atoms with Crippen LogP contribution in [0.5, 0.6) is 17.2 Å². The lowest BCUT2D eigenvalue weighted by Crippen LogP contribution is -2.43. The normalized spacial score (nSPS) is 14.5. The predicted molar refractivity (Wildman–Crippen MR) is 127 cm³/mol. The van der Waals surface area contributed by atoms with Gasteiger partial charge in [0, 0.05) is 23.5 Å². The summed E-state index contributed by atoms with van der Waals surface area (Å²) in [5, 5.41) is 3.32. The molecule has 0 spiro atoms. The molecule has 6 nitrogen and oxygen atoms in total. The molecule has 0 atom stereocenters. The number of carbonyl (C=O) groups excluding carboxylic acids is 1. The number of methoxy groups -OCH3 is 1. The molecule has 33 heavy (non-hydrogen) atoms. The molecular weight excluding hydrogens is 416 g/mol. The first-order valence-electron chi connectivity index (χ1n) is 11.4. The number of aromatic nitrogens is 1. The number of benzene rings is 2. The molecule has 1 aliphatic rings. The highest BCUT2D eigenvalue weighted by Crippen LogP contribution is 2.40. The first-order chi connectivity index (χ1) is 16.1. The molecule has 1 saturated carbocycles. The van der Waals surface area contributed by atoms with Crippen LogP contribution < -0.4 is 19.5 Å². The summed E-state index contributed by atoms with van der Waals surface area (Å²) in [6.45, 7) is 2.76. The standard InChI is InChI=1S/C27H30N2O4/c1-3-32-25-17-21(8-13-24(25)33-19-20-7-6-16-28-18-20)26(30)29-27(14-4-5-15-27)22-9-11-23(31-2)12-10-22/h6-13,16-18H,3-5,14-15,19H2,1-2H3,(H,29,30). The lowest BCUT2D eigenvalue weighted by Gasteiger charge is -2.31. The molecule has 0 bridgehead atoms. The zero-order chi connectivity index (χ0) is 23.1. The highest BCUT2D eigenvalue weighted by molar-refractivity contribution is 5.95. The lowest BCUT2D eigenvalue weighted by molar-refractivity contribution is 0.0897. The number of hydrogen-bond acceptors (Lipinski definition) is 5. The molecule has 0 unspecified atom stereocenters. The lowest BCUT2D eigenvalue weighted by atomic mass is 9.87. The number of ether oxygens (including phenoxy) is 3. The highest BCUT2D eigenvalue weighted by atomic mass is 16.5. The fourth-order valence-corrected chi connectivity index (χ4v) is 4.35. The van der Waals surface area contributed by atoms with E-state index >= 15 is 0 Å².